The summed E-state index contributed by atoms with van der Waals surface area (Å²) in [7, 11) is 2.10. The molecule has 6 nitrogen and oxygen atoms in total. The number of likely N-dealkylation sites (tertiary alicyclic amines) is 1. The number of aliphatic carboxylic acids is 2. The lowest BCUT2D eigenvalue weighted by Gasteiger charge is -2.28. The predicted molar refractivity (Wildman–Crippen MR) is 95.2 cm³/mol. The van der Waals surface area contributed by atoms with Gasteiger partial charge < -0.3 is 15.1 Å². The van der Waals surface area contributed by atoms with E-state index in [4.69, 9.17) is 21.8 Å². The molecule has 7 heteroatoms. The first-order chi connectivity index (χ1) is 11.7. The highest BCUT2D eigenvalue weighted by molar-refractivity contribution is 6.34. The zero-order chi connectivity index (χ0) is 19.0. The largest absolute Gasteiger partial charge is 0.478 e. The van der Waals surface area contributed by atoms with Crippen molar-refractivity contribution in [3.63, 3.8) is 0 Å². The lowest BCUT2D eigenvalue weighted by molar-refractivity contribution is -0.134. The number of hydrogen-bond donors (Lipinski definition) is 2. The number of Topliss-reactive ketones (excluding diaryl/α,β-unsaturated/α-hetero) is 1. The number of piperidine rings is 1. The molecule has 136 valence electrons. The number of ketones is 1. The van der Waals surface area contributed by atoms with Crippen LogP contribution >= 0.6 is 11.6 Å². The number of halogens is 1. The summed E-state index contributed by atoms with van der Waals surface area (Å²) in [6.07, 6.45) is 3.00. The first kappa shape index (κ1) is 20.9. The van der Waals surface area contributed by atoms with E-state index in [1.165, 1.54) is 0 Å². The summed E-state index contributed by atoms with van der Waals surface area (Å²) in [5, 5.41) is 16.2. The van der Waals surface area contributed by atoms with Crippen molar-refractivity contribution in [1.29, 1.82) is 0 Å². The van der Waals surface area contributed by atoms with Crippen molar-refractivity contribution >= 4 is 29.3 Å². The number of hydrogen-bond acceptors (Lipinski definition) is 4. The van der Waals surface area contributed by atoms with Crippen LogP contribution in [-0.4, -0.2) is 53.0 Å². The molecular formula is C18H22ClNO5. The van der Waals surface area contributed by atoms with E-state index in [-0.39, 0.29) is 11.7 Å². The molecular weight excluding hydrogens is 346 g/mol. The third kappa shape index (κ3) is 7.49. The van der Waals surface area contributed by atoms with Gasteiger partial charge in [0.25, 0.3) is 0 Å². The van der Waals surface area contributed by atoms with Crippen molar-refractivity contribution in [2.24, 2.45) is 5.92 Å². The van der Waals surface area contributed by atoms with E-state index in [2.05, 4.69) is 11.9 Å². The van der Waals surface area contributed by atoms with Crippen LogP contribution < -0.4 is 0 Å². The number of carbonyl (C=O) groups excluding carboxylic acids is 1. The first-order valence-electron chi connectivity index (χ1n) is 7.83. The highest BCUT2D eigenvalue weighted by atomic mass is 35.5. The molecule has 2 rings (SSSR count). The molecule has 1 aliphatic rings. The molecule has 0 saturated carbocycles. The second-order valence-corrected chi connectivity index (χ2v) is 6.34. The van der Waals surface area contributed by atoms with Gasteiger partial charge in [-0.1, -0.05) is 23.2 Å². The molecule has 0 spiro atoms. The number of benzene rings is 1. The molecule has 0 bridgehead atoms. The molecule has 0 aromatic heterocycles. The Kier molecular flexibility index (Phi) is 8.31. The van der Waals surface area contributed by atoms with Crippen LogP contribution in [0.2, 0.25) is 5.02 Å². The molecule has 1 fully saturated rings. The van der Waals surface area contributed by atoms with Crippen LogP contribution in [0.3, 0.4) is 0 Å². The fourth-order valence-corrected chi connectivity index (χ4v) is 2.67. The van der Waals surface area contributed by atoms with Gasteiger partial charge in [0, 0.05) is 23.6 Å². The normalized spacial score (nSPS) is 15.5. The van der Waals surface area contributed by atoms with E-state index in [0.717, 1.165) is 31.5 Å². The Balaban J connectivity index is 0.000000333. The van der Waals surface area contributed by atoms with Gasteiger partial charge in [-0.15, -0.1) is 0 Å². The minimum absolute atomic E-state index is 0.144. The summed E-state index contributed by atoms with van der Waals surface area (Å²) in [5.74, 6) is -2.16. The van der Waals surface area contributed by atoms with Gasteiger partial charge in [0.15, 0.2) is 5.78 Å². The lowest BCUT2D eigenvalue weighted by Crippen LogP contribution is -2.33. The average molecular weight is 368 g/mol. The number of carboxylic acid groups (broad SMARTS) is 2. The minimum atomic E-state index is -1.26. The Hall–Kier alpha value is -2.18. The van der Waals surface area contributed by atoms with Crippen molar-refractivity contribution in [1.82, 2.24) is 4.90 Å². The second-order valence-electron chi connectivity index (χ2n) is 5.93. The molecule has 25 heavy (non-hydrogen) atoms. The van der Waals surface area contributed by atoms with Crippen LogP contribution in [0.15, 0.2) is 30.4 Å². The van der Waals surface area contributed by atoms with Crippen LogP contribution in [0.4, 0.5) is 0 Å². The number of nitrogens with zero attached hydrogens (tertiary/aromatic N) is 1. The number of aryl methyl sites for hydroxylation is 1. The Morgan fingerprint density at radius 2 is 1.64 bits per heavy atom. The van der Waals surface area contributed by atoms with Gasteiger partial charge in [0.05, 0.1) is 5.02 Å². The Labute approximate surface area is 151 Å². The average Bonchev–Trinajstić information content (AvgIpc) is 2.56. The summed E-state index contributed by atoms with van der Waals surface area (Å²) >= 11 is 6.11. The second kappa shape index (κ2) is 9.96. The SMILES string of the molecule is Cc1ccc(Cl)c(C(=O)C2CCN(C)CC2)c1.O=C(O)/C=C/C(=O)O. The quantitative estimate of drug-likeness (QED) is 0.627. The van der Waals surface area contributed by atoms with Gasteiger partial charge in [-0.3, -0.25) is 4.79 Å². The summed E-state index contributed by atoms with van der Waals surface area (Å²) < 4.78 is 0. The van der Waals surface area contributed by atoms with Gasteiger partial charge in [-0.05, 0) is 52.0 Å². The molecule has 1 saturated heterocycles. The van der Waals surface area contributed by atoms with Gasteiger partial charge in [-0.2, -0.15) is 0 Å². The zero-order valence-electron chi connectivity index (χ0n) is 14.2. The highest BCUT2D eigenvalue weighted by Gasteiger charge is 2.25. The monoisotopic (exact) mass is 367 g/mol. The highest BCUT2D eigenvalue weighted by Crippen LogP contribution is 2.25. The van der Waals surface area contributed by atoms with E-state index in [1.54, 1.807) is 0 Å². The summed E-state index contributed by atoms with van der Waals surface area (Å²) in [4.78, 5) is 33.7. The number of carboxylic acids is 2. The van der Waals surface area contributed by atoms with Crippen molar-refractivity contribution in [3.05, 3.63) is 46.5 Å². The maximum atomic E-state index is 12.4. The molecule has 0 radical (unpaired) electrons. The smallest absolute Gasteiger partial charge is 0.328 e. The van der Waals surface area contributed by atoms with E-state index >= 15 is 0 Å². The van der Waals surface area contributed by atoms with Crippen molar-refractivity contribution < 1.29 is 24.6 Å². The van der Waals surface area contributed by atoms with Crippen LogP contribution in [-0.2, 0) is 9.59 Å². The van der Waals surface area contributed by atoms with Gasteiger partial charge in [-0.25, -0.2) is 9.59 Å². The van der Waals surface area contributed by atoms with Crippen LogP contribution in [0.25, 0.3) is 0 Å². The molecule has 1 aromatic rings. The molecule has 1 aliphatic heterocycles. The molecule has 0 atom stereocenters. The van der Waals surface area contributed by atoms with Gasteiger partial charge in [0.2, 0.25) is 0 Å². The zero-order valence-corrected chi connectivity index (χ0v) is 15.0. The maximum absolute atomic E-state index is 12.4. The number of carbonyl (C=O) groups is 3. The van der Waals surface area contributed by atoms with E-state index in [0.29, 0.717) is 22.7 Å². The standard InChI is InChI=1S/C14H18ClNO.C4H4O4/c1-10-3-4-13(15)12(9-10)14(17)11-5-7-16(2)8-6-11;5-3(6)1-2-4(7)8/h3-4,9,11H,5-8H2,1-2H3;1-2H,(H,5,6)(H,7,8)/b;2-1+. The maximum Gasteiger partial charge on any atom is 0.328 e. The molecule has 2 N–H and O–H groups in total. The number of rotatable bonds is 4. The van der Waals surface area contributed by atoms with Crippen LogP contribution in [0, 0.1) is 12.8 Å². The first-order valence-corrected chi connectivity index (χ1v) is 8.21. The Bertz CT molecular complexity index is 647. The molecule has 1 heterocycles. The summed E-state index contributed by atoms with van der Waals surface area (Å²) in [5.41, 5.74) is 1.78. The van der Waals surface area contributed by atoms with Gasteiger partial charge in [0.1, 0.15) is 0 Å². The molecule has 1 aromatic carbocycles. The third-order valence-electron chi connectivity index (χ3n) is 3.85. The lowest BCUT2D eigenvalue weighted by atomic mass is 9.88. The Morgan fingerprint density at radius 3 is 2.12 bits per heavy atom. The minimum Gasteiger partial charge on any atom is -0.478 e. The van der Waals surface area contributed by atoms with Crippen molar-refractivity contribution in [2.75, 3.05) is 20.1 Å². The molecule has 0 unspecified atom stereocenters. The van der Waals surface area contributed by atoms with Gasteiger partial charge >= 0.3 is 11.9 Å². The van der Waals surface area contributed by atoms with Crippen molar-refractivity contribution in [3.8, 4) is 0 Å². The molecule has 0 amide bonds. The topological polar surface area (TPSA) is 94.9 Å². The van der Waals surface area contributed by atoms with E-state index < -0.39 is 11.9 Å². The van der Waals surface area contributed by atoms with Crippen molar-refractivity contribution in [2.45, 2.75) is 19.8 Å². The predicted octanol–water partition coefficient (Wildman–Crippen LogP) is 2.88. The van der Waals surface area contributed by atoms with Crippen LogP contribution in [0.1, 0.15) is 28.8 Å². The van der Waals surface area contributed by atoms with E-state index in [1.807, 2.05) is 25.1 Å². The fraction of sp³-hybridized carbons (Fsp3) is 0.389. The van der Waals surface area contributed by atoms with Crippen LogP contribution in [0.5, 0.6) is 0 Å². The molecule has 0 aliphatic carbocycles. The summed E-state index contributed by atoms with van der Waals surface area (Å²) in [6.45, 7) is 3.99. The van der Waals surface area contributed by atoms with E-state index in [9.17, 15) is 14.4 Å². The Morgan fingerprint density at radius 1 is 1.12 bits per heavy atom. The fourth-order valence-electron chi connectivity index (χ4n) is 2.46. The third-order valence-corrected chi connectivity index (χ3v) is 4.17. The summed E-state index contributed by atoms with van der Waals surface area (Å²) in [6, 6.07) is 5.66.